The maximum absolute atomic E-state index is 11.2. The third-order valence-electron chi connectivity index (χ3n) is 3.54. The molecule has 0 aliphatic carbocycles. The number of esters is 1. The average molecular weight is 244 g/mol. The van der Waals surface area contributed by atoms with E-state index >= 15 is 0 Å². The number of likely N-dealkylation sites (tertiary alicyclic amines) is 1. The van der Waals surface area contributed by atoms with E-state index in [1.54, 1.807) is 7.11 Å². The zero-order chi connectivity index (χ0) is 12.8. The molecule has 1 aliphatic rings. The Kier molecular flexibility index (Phi) is 5.88. The number of methoxy groups -OCH3 is 2. The molecule has 1 heterocycles. The lowest BCUT2D eigenvalue weighted by molar-refractivity contribution is -0.142. The number of rotatable bonds is 5. The Morgan fingerprint density at radius 3 is 2.82 bits per heavy atom. The molecule has 1 saturated heterocycles. The molecule has 0 spiro atoms. The van der Waals surface area contributed by atoms with E-state index in [1.165, 1.54) is 7.11 Å². The number of carbonyl (C=O) groups excluding carboxylic acids is 1. The van der Waals surface area contributed by atoms with Gasteiger partial charge in [0.25, 0.3) is 0 Å². The Hall–Kier alpha value is -0.650. The Labute approximate surface area is 103 Å². The smallest absolute Gasteiger partial charge is 0.322 e. The zero-order valence-corrected chi connectivity index (χ0v) is 11.0. The summed E-state index contributed by atoms with van der Waals surface area (Å²) >= 11 is 0. The van der Waals surface area contributed by atoms with Crippen molar-refractivity contribution in [3.8, 4) is 0 Å². The molecule has 1 rings (SSSR count). The Morgan fingerprint density at radius 1 is 1.53 bits per heavy atom. The van der Waals surface area contributed by atoms with Gasteiger partial charge >= 0.3 is 5.97 Å². The molecule has 1 fully saturated rings. The van der Waals surface area contributed by atoms with Gasteiger partial charge in [0.1, 0.15) is 6.04 Å². The van der Waals surface area contributed by atoms with Crippen molar-refractivity contribution in [2.24, 2.45) is 11.7 Å². The van der Waals surface area contributed by atoms with Crippen LogP contribution in [0.25, 0.3) is 0 Å². The highest BCUT2D eigenvalue weighted by Crippen LogP contribution is 2.19. The SMILES string of the molecule is COC(=O)C(N)CCN1CCC(C)C(OC)C1. The first-order valence-electron chi connectivity index (χ1n) is 6.17. The second-order valence-electron chi connectivity index (χ2n) is 4.76. The minimum atomic E-state index is -0.514. The second kappa shape index (κ2) is 6.93. The molecule has 0 aromatic heterocycles. The van der Waals surface area contributed by atoms with Crippen LogP contribution in [-0.4, -0.2) is 56.9 Å². The van der Waals surface area contributed by atoms with Crippen molar-refractivity contribution >= 4 is 5.97 Å². The number of ether oxygens (including phenoxy) is 2. The number of carbonyl (C=O) groups is 1. The Morgan fingerprint density at radius 2 is 2.24 bits per heavy atom. The largest absolute Gasteiger partial charge is 0.468 e. The second-order valence-corrected chi connectivity index (χ2v) is 4.76. The molecule has 0 aromatic carbocycles. The molecule has 3 atom stereocenters. The summed E-state index contributed by atoms with van der Waals surface area (Å²) in [5, 5.41) is 0. The van der Waals surface area contributed by atoms with E-state index in [0.29, 0.717) is 12.3 Å². The van der Waals surface area contributed by atoms with Crippen molar-refractivity contribution in [2.45, 2.75) is 31.9 Å². The first-order valence-corrected chi connectivity index (χ1v) is 6.17. The molecule has 0 amide bonds. The number of nitrogens with zero attached hydrogens (tertiary/aromatic N) is 1. The summed E-state index contributed by atoms with van der Waals surface area (Å²) in [7, 11) is 3.12. The summed E-state index contributed by atoms with van der Waals surface area (Å²) in [5.74, 6) is 0.268. The summed E-state index contributed by atoms with van der Waals surface area (Å²) in [5.41, 5.74) is 5.71. The van der Waals surface area contributed by atoms with E-state index in [2.05, 4.69) is 16.6 Å². The maximum atomic E-state index is 11.2. The van der Waals surface area contributed by atoms with E-state index < -0.39 is 6.04 Å². The lowest BCUT2D eigenvalue weighted by atomic mass is 9.95. The first-order chi connectivity index (χ1) is 8.08. The number of nitrogens with two attached hydrogens (primary N) is 1. The topological polar surface area (TPSA) is 64.8 Å². The fraction of sp³-hybridized carbons (Fsp3) is 0.917. The van der Waals surface area contributed by atoms with Crippen molar-refractivity contribution in [1.29, 1.82) is 0 Å². The molecule has 100 valence electrons. The van der Waals surface area contributed by atoms with Crippen LogP contribution in [0.1, 0.15) is 19.8 Å². The number of hydrogen-bond donors (Lipinski definition) is 1. The molecular weight excluding hydrogens is 220 g/mol. The lowest BCUT2D eigenvalue weighted by Gasteiger charge is -2.36. The molecule has 17 heavy (non-hydrogen) atoms. The minimum absolute atomic E-state index is 0.290. The van der Waals surface area contributed by atoms with E-state index in [0.717, 1.165) is 26.1 Å². The van der Waals surface area contributed by atoms with E-state index in [1.807, 2.05) is 0 Å². The summed E-state index contributed by atoms with van der Waals surface area (Å²) in [4.78, 5) is 13.5. The molecule has 0 radical (unpaired) electrons. The van der Waals surface area contributed by atoms with Crippen LogP contribution in [0, 0.1) is 5.92 Å². The van der Waals surface area contributed by atoms with Crippen molar-refractivity contribution in [3.63, 3.8) is 0 Å². The summed E-state index contributed by atoms with van der Waals surface area (Å²) in [6.45, 7) is 5.01. The van der Waals surface area contributed by atoms with Gasteiger partial charge in [0.05, 0.1) is 13.2 Å². The third kappa shape index (κ3) is 4.26. The quantitative estimate of drug-likeness (QED) is 0.702. The molecule has 0 saturated carbocycles. The van der Waals surface area contributed by atoms with Gasteiger partial charge in [-0.25, -0.2) is 0 Å². The number of piperidine rings is 1. The molecule has 2 N–H and O–H groups in total. The third-order valence-corrected chi connectivity index (χ3v) is 3.54. The standard InChI is InChI=1S/C12H24N2O3/c1-9-4-6-14(8-11(9)16-2)7-5-10(13)12(15)17-3/h9-11H,4-8,13H2,1-3H3. The summed E-state index contributed by atoms with van der Waals surface area (Å²) in [6.07, 6.45) is 2.06. The van der Waals surface area contributed by atoms with Crippen LogP contribution in [0.3, 0.4) is 0 Å². The van der Waals surface area contributed by atoms with Gasteiger partial charge < -0.3 is 20.1 Å². The fourth-order valence-electron chi connectivity index (χ4n) is 2.20. The van der Waals surface area contributed by atoms with Crippen LogP contribution in [0.15, 0.2) is 0 Å². The lowest BCUT2D eigenvalue weighted by Crippen LogP contribution is -2.45. The van der Waals surface area contributed by atoms with E-state index in [4.69, 9.17) is 10.5 Å². The van der Waals surface area contributed by atoms with Crippen molar-refractivity contribution in [1.82, 2.24) is 4.90 Å². The molecular formula is C12H24N2O3. The number of hydrogen-bond acceptors (Lipinski definition) is 5. The minimum Gasteiger partial charge on any atom is -0.468 e. The fourth-order valence-corrected chi connectivity index (χ4v) is 2.20. The van der Waals surface area contributed by atoms with Gasteiger partial charge in [-0.15, -0.1) is 0 Å². The highest BCUT2D eigenvalue weighted by atomic mass is 16.5. The zero-order valence-electron chi connectivity index (χ0n) is 11.0. The van der Waals surface area contributed by atoms with Gasteiger partial charge in [0, 0.05) is 20.2 Å². The van der Waals surface area contributed by atoms with Crippen LogP contribution < -0.4 is 5.73 Å². The predicted molar refractivity (Wildman–Crippen MR) is 65.6 cm³/mol. The van der Waals surface area contributed by atoms with Gasteiger partial charge in [0.2, 0.25) is 0 Å². The molecule has 3 unspecified atom stereocenters. The van der Waals surface area contributed by atoms with E-state index in [9.17, 15) is 4.79 Å². The summed E-state index contributed by atoms with van der Waals surface area (Å²) < 4.78 is 10.0. The maximum Gasteiger partial charge on any atom is 0.322 e. The molecule has 0 aromatic rings. The van der Waals surface area contributed by atoms with Gasteiger partial charge in [-0.3, -0.25) is 4.79 Å². The Balaban J connectivity index is 2.30. The van der Waals surface area contributed by atoms with Crippen LogP contribution in [0.4, 0.5) is 0 Å². The predicted octanol–water partition coefficient (Wildman–Crippen LogP) is 0.234. The van der Waals surface area contributed by atoms with Gasteiger partial charge in [-0.2, -0.15) is 0 Å². The van der Waals surface area contributed by atoms with Crippen molar-refractivity contribution in [3.05, 3.63) is 0 Å². The normalized spacial score (nSPS) is 27.8. The average Bonchev–Trinajstić information content (AvgIpc) is 2.36. The highest BCUT2D eigenvalue weighted by molar-refractivity contribution is 5.75. The summed E-state index contributed by atoms with van der Waals surface area (Å²) in [6, 6.07) is -0.514. The van der Waals surface area contributed by atoms with Gasteiger partial charge in [-0.1, -0.05) is 6.92 Å². The van der Waals surface area contributed by atoms with E-state index in [-0.39, 0.29) is 12.1 Å². The van der Waals surface area contributed by atoms with Crippen molar-refractivity contribution in [2.75, 3.05) is 33.9 Å². The highest BCUT2D eigenvalue weighted by Gasteiger charge is 2.26. The van der Waals surface area contributed by atoms with Gasteiger partial charge in [0.15, 0.2) is 0 Å². The van der Waals surface area contributed by atoms with Crippen LogP contribution >= 0.6 is 0 Å². The monoisotopic (exact) mass is 244 g/mol. The van der Waals surface area contributed by atoms with Crippen LogP contribution in [-0.2, 0) is 14.3 Å². The molecule has 5 nitrogen and oxygen atoms in total. The molecule has 0 bridgehead atoms. The van der Waals surface area contributed by atoms with Gasteiger partial charge in [-0.05, 0) is 25.3 Å². The first kappa shape index (κ1) is 14.4. The molecule has 5 heteroatoms. The van der Waals surface area contributed by atoms with Crippen molar-refractivity contribution < 1.29 is 14.3 Å². The Bertz CT molecular complexity index is 248. The molecule has 1 aliphatic heterocycles. The van der Waals surface area contributed by atoms with Crippen LogP contribution in [0.2, 0.25) is 0 Å². The van der Waals surface area contributed by atoms with Crippen LogP contribution in [0.5, 0.6) is 0 Å².